The van der Waals surface area contributed by atoms with Gasteiger partial charge in [-0.25, -0.2) is 46.9 Å². The minimum atomic E-state index is -0.825. The van der Waals surface area contributed by atoms with E-state index in [-0.39, 0.29) is 30.7 Å². The first-order valence-corrected chi connectivity index (χ1v) is 41.8. The zero-order valence-corrected chi connectivity index (χ0v) is 70.4. The molecule has 5 aliphatic heterocycles. The Kier molecular flexibility index (Phi) is 27.0. The number of nitrogens with zero attached hydrogens (tertiary/aromatic N) is 15. The molecule has 0 bridgehead atoms. The van der Waals surface area contributed by atoms with Gasteiger partial charge in [0.1, 0.15) is 97.3 Å². The molecule has 0 aliphatic carbocycles. The highest BCUT2D eigenvalue weighted by molar-refractivity contribution is 5.60. The number of anilines is 5. The van der Waals surface area contributed by atoms with E-state index in [1.54, 1.807) is 81.2 Å². The Morgan fingerprint density at radius 2 is 0.706 bits per heavy atom. The summed E-state index contributed by atoms with van der Waals surface area (Å²) in [6.45, 7) is 18.1. The molecule has 10 aromatic heterocycles. The van der Waals surface area contributed by atoms with Crippen molar-refractivity contribution < 1.29 is 59.0 Å². The summed E-state index contributed by atoms with van der Waals surface area (Å²) in [5.41, 5.74) is 15.7. The lowest BCUT2D eigenvalue weighted by molar-refractivity contribution is 0.383. The summed E-state index contributed by atoms with van der Waals surface area (Å²) >= 11 is 0. The minimum absolute atomic E-state index is 0. The molecule has 126 heavy (non-hydrogen) atoms. The highest BCUT2D eigenvalue weighted by atomic mass is 19.2. The van der Waals surface area contributed by atoms with Gasteiger partial charge >= 0.3 is 0 Å². The van der Waals surface area contributed by atoms with E-state index in [2.05, 4.69) is 82.4 Å². The van der Waals surface area contributed by atoms with Gasteiger partial charge in [0.25, 0.3) is 0 Å². The van der Waals surface area contributed by atoms with Gasteiger partial charge in [0, 0.05) is 148 Å². The molecule has 0 radical (unpaired) electrons. The number of rotatable bonds is 11. The quantitative estimate of drug-likeness (QED) is 0.114. The number of phenolic OH excluding ortho intramolecular Hbond substituents is 2. The Morgan fingerprint density at radius 1 is 0.365 bits per heavy atom. The average molecular weight is 1710 g/mol. The molecule has 28 heteroatoms. The van der Waals surface area contributed by atoms with Crippen LogP contribution >= 0.6 is 0 Å². The molecule has 0 saturated heterocycles. The molecule has 23 nitrogen and oxygen atoms in total. The Balaban J connectivity index is 0.000000121. The number of benzene rings is 5. The second-order valence-corrected chi connectivity index (χ2v) is 31.6. The standard InChI is InChI=1S/C20H20FN3O2.C20H20FN3O.C19H17F2N3O.C19H18FN3O2.C19H19N3O2.CH4/c1-13-10-14(11-15(21)19(13)25-2)24-9-5-7-18-17(12-24)23-20(26-18)16-6-3-4-8-22-16;1-13-9-15(21)11-16(10-13)24-8-6-14(2)19-18(12-24)23-20(25-19)17-5-3-4-7-22-17;1-12-9-13(10-14(20)18(12)21)24-8-4-6-17-16(11-24)23-19(25-17)15-5-2-3-7-22-15;1-12-9-13(10-14(20)18(12)24)23-8-4-6-17-16(11-23)22-19(25-17)15-5-2-3-7-21-15;1-13-9-14(11-15(23)10-13)22-8-4-6-18-17(12-22)21-19(24-18)16-5-2-3-7-20-16;/h3-4,6,8,10-11H,5,7,9,12H2,1-2H3;3-5,7,9-11,14H,6,8,12H2,1-2H3;2-3,5,7,9-10H,4,6,8,11H2,1H3;2-3,5,7,9-10,24H,4,6,8,11H2,1H3;2-3,5,7,9-11,23H,4,6,8,12H2,1H3;1H4. The van der Waals surface area contributed by atoms with Crippen molar-refractivity contribution in [3.8, 4) is 75.2 Å². The van der Waals surface area contributed by atoms with Crippen LogP contribution in [0.25, 0.3) is 57.9 Å². The predicted octanol–water partition coefficient (Wildman–Crippen LogP) is 21.3. The van der Waals surface area contributed by atoms with Crippen LogP contribution in [0.4, 0.5) is 50.4 Å². The molecule has 0 saturated carbocycles. The lowest BCUT2D eigenvalue weighted by Gasteiger charge is -2.23. The molecule has 20 rings (SSSR count). The molecule has 1 unspecified atom stereocenters. The third-order valence-electron chi connectivity index (χ3n) is 22.3. The molecule has 2 N–H and O–H groups in total. The number of hydrogen-bond acceptors (Lipinski definition) is 23. The normalized spacial score (nSPS) is 14.7. The molecule has 0 amide bonds. The SMILES string of the molecule is C.COc1c(C)cc(N2CCCc3oc(-c4ccccn4)nc3C2)cc1F.Cc1cc(F)cc(N2CCC(C)c3oc(-c4ccccn4)nc3C2)c1.Cc1cc(N2CCCc3oc(-c4ccccn4)nc3C2)cc(F)c1F.Cc1cc(N2CCCc3oc(-c4ccccn4)nc3C2)cc(F)c1O.Cc1cc(O)cc(N2CCCc3oc(-c4ccccn4)nc3C2)c1. The summed E-state index contributed by atoms with van der Waals surface area (Å²) in [6.07, 6.45) is 16.4. The van der Waals surface area contributed by atoms with Crippen molar-refractivity contribution >= 4 is 28.4 Å². The fraction of sp³-hybridized carbons (Fsp3) is 0.286. The summed E-state index contributed by atoms with van der Waals surface area (Å²) in [7, 11) is 1.48. The fourth-order valence-electron chi connectivity index (χ4n) is 16.0. The lowest BCUT2D eigenvalue weighted by Crippen LogP contribution is -2.23. The number of aromatic hydroxyl groups is 2. The van der Waals surface area contributed by atoms with E-state index >= 15 is 0 Å². The number of halogens is 5. The van der Waals surface area contributed by atoms with Gasteiger partial charge in [0.15, 0.2) is 34.8 Å². The Labute approximate surface area is 727 Å². The van der Waals surface area contributed by atoms with Crippen molar-refractivity contribution in [3.63, 3.8) is 0 Å². The van der Waals surface area contributed by atoms with Crippen molar-refractivity contribution in [2.45, 2.75) is 145 Å². The van der Waals surface area contributed by atoms with Gasteiger partial charge in [0.05, 0.1) is 39.8 Å². The van der Waals surface area contributed by atoms with Crippen LogP contribution in [0.5, 0.6) is 17.2 Å². The third-order valence-corrected chi connectivity index (χ3v) is 22.3. The molecule has 0 spiro atoms. The monoisotopic (exact) mass is 1710 g/mol. The molecular weight excluding hydrogens is 1610 g/mol. The average Bonchev–Trinajstić information content (AvgIpc) is 1.63. The van der Waals surface area contributed by atoms with E-state index in [9.17, 15) is 32.2 Å². The summed E-state index contributed by atoms with van der Waals surface area (Å²) in [4.78, 5) is 55.3. The smallest absolute Gasteiger partial charge is 0.245 e. The van der Waals surface area contributed by atoms with E-state index < -0.39 is 17.5 Å². The van der Waals surface area contributed by atoms with Crippen molar-refractivity contribution in [2.24, 2.45) is 0 Å². The molecule has 648 valence electrons. The number of phenols is 2. The van der Waals surface area contributed by atoms with Crippen LogP contribution in [-0.2, 0) is 58.4 Å². The van der Waals surface area contributed by atoms with Gasteiger partial charge in [-0.3, -0.25) is 24.9 Å². The van der Waals surface area contributed by atoms with Gasteiger partial charge in [-0.15, -0.1) is 0 Å². The molecular formula is C98H98F5N15O8. The summed E-state index contributed by atoms with van der Waals surface area (Å²) in [5.74, 6) is 4.90. The Bertz CT molecular complexity index is 5970. The number of methoxy groups -OCH3 is 1. The van der Waals surface area contributed by atoms with E-state index in [4.69, 9.17) is 26.8 Å². The zero-order valence-electron chi connectivity index (χ0n) is 70.4. The summed E-state index contributed by atoms with van der Waals surface area (Å²) in [6, 6.07) is 48.6. The predicted molar refractivity (Wildman–Crippen MR) is 473 cm³/mol. The van der Waals surface area contributed by atoms with Gasteiger partial charge in [-0.05, 0) is 204 Å². The molecule has 1 atom stereocenters. The van der Waals surface area contributed by atoms with Crippen molar-refractivity contribution in [3.05, 3.63) is 309 Å². The van der Waals surface area contributed by atoms with Crippen LogP contribution < -0.4 is 29.2 Å². The second kappa shape index (κ2) is 39.2. The van der Waals surface area contributed by atoms with Crippen LogP contribution in [0.15, 0.2) is 217 Å². The number of fused-ring (bicyclic) bond motifs is 5. The zero-order chi connectivity index (χ0) is 86.8. The number of pyridine rings is 5. The molecule has 15 heterocycles. The van der Waals surface area contributed by atoms with Crippen molar-refractivity contribution in [1.29, 1.82) is 0 Å². The highest BCUT2D eigenvalue weighted by Crippen LogP contribution is 2.39. The van der Waals surface area contributed by atoms with E-state index in [0.717, 1.165) is 204 Å². The maximum atomic E-state index is 14.3. The van der Waals surface area contributed by atoms with Crippen LogP contribution in [0.1, 0.15) is 137 Å². The highest BCUT2D eigenvalue weighted by Gasteiger charge is 2.31. The Morgan fingerprint density at radius 3 is 1.07 bits per heavy atom. The van der Waals surface area contributed by atoms with Gasteiger partial charge in [0.2, 0.25) is 29.5 Å². The number of oxazole rings is 5. The van der Waals surface area contributed by atoms with E-state index in [1.165, 1.54) is 25.3 Å². The molecule has 5 aliphatic rings. The molecule has 5 aromatic carbocycles. The number of hydrogen-bond donors (Lipinski definition) is 2. The second-order valence-electron chi connectivity index (χ2n) is 31.6. The topological polar surface area (TPSA) is 260 Å². The summed E-state index contributed by atoms with van der Waals surface area (Å²) < 4.78 is 104. The van der Waals surface area contributed by atoms with Crippen LogP contribution in [0.3, 0.4) is 0 Å². The fourth-order valence-corrected chi connectivity index (χ4v) is 16.0. The number of aryl methyl sites for hydroxylation is 9. The number of ether oxygens (including phenoxy) is 1. The van der Waals surface area contributed by atoms with Gasteiger partial charge < -0.3 is 61.5 Å². The molecule has 0 fully saturated rings. The largest absolute Gasteiger partial charge is 0.508 e. The van der Waals surface area contributed by atoms with E-state index in [1.807, 2.05) is 129 Å². The third kappa shape index (κ3) is 20.4. The van der Waals surface area contributed by atoms with Crippen LogP contribution in [0.2, 0.25) is 0 Å². The first kappa shape index (κ1) is 86.9. The molecule has 15 aromatic rings. The first-order valence-electron chi connectivity index (χ1n) is 41.8. The van der Waals surface area contributed by atoms with Crippen LogP contribution in [0, 0.1) is 63.7 Å². The Hall–Kier alpha value is -14.1. The van der Waals surface area contributed by atoms with Gasteiger partial charge in [-0.1, -0.05) is 44.7 Å². The van der Waals surface area contributed by atoms with Gasteiger partial charge in [-0.2, -0.15) is 0 Å². The lowest BCUT2D eigenvalue weighted by atomic mass is 10.1. The van der Waals surface area contributed by atoms with Crippen molar-refractivity contribution in [2.75, 3.05) is 64.3 Å². The summed E-state index contributed by atoms with van der Waals surface area (Å²) in [5, 5.41) is 19.5. The van der Waals surface area contributed by atoms with Crippen molar-refractivity contribution in [1.82, 2.24) is 49.8 Å². The number of aromatic nitrogens is 10. The minimum Gasteiger partial charge on any atom is -0.508 e. The maximum absolute atomic E-state index is 14.3. The van der Waals surface area contributed by atoms with E-state index in [0.29, 0.717) is 102 Å². The first-order chi connectivity index (χ1) is 60.7. The van der Waals surface area contributed by atoms with Crippen LogP contribution in [-0.4, -0.2) is 99.9 Å². The maximum Gasteiger partial charge on any atom is 0.245 e.